The van der Waals surface area contributed by atoms with Gasteiger partial charge in [0, 0.05) is 18.3 Å². The maximum absolute atomic E-state index is 12.6. The van der Waals surface area contributed by atoms with Gasteiger partial charge in [0.15, 0.2) is 5.01 Å². The molecule has 0 saturated heterocycles. The number of thiazole rings is 1. The molecule has 2 heterocycles. The molecule has 0 bridgehead atoms. The van der Waals surface area contributed by atoms with Crippen molar-refractivity contribution in [2.24, 2.45) is 0 Å². The third kappa shape index (κ3) is 2.99. The van der Waals surface area contributed by atoms with Crippen molar-refractivity contribution in [3.63, 3.8) is 0 Å². The highest BCUT2D eigenvalue weighted by atomic mass is 32.1. The Morgan fingerprint density at radius 2 is 1.96 bits per heavy atom. The van der Waals surface area contributed by atoms with E-state index in [0.29, 0.717) is 11.4 Å². The Labute approximate surface area is 147 Å². The van der Waals surface area contributed by atoms with Gasteiger partial charge in [-0.3, -0.25) is 4.79 Å². The molecule has 3 N–H and O–H groups in total. The number of carbonyl (C=O) groups is 1. The number of rotatable bonds is 3. The Kier molecular flexibility index (Phi) is 4.16. The zero-order chi connectivity index (χ0) is 17.4. The van der Waals surface area contributed by atoms with Gasteiger partial charge in [0.05, 0.1) is 22.4 Å². The molecule has 0 unspecified atom stereocenters. The van der Waals surface area contributed by atoms with E-state index in [9.17, 15) is 15.0 Å². The first kappa shape index (κ1) is 16.1. The molecule has 25 heavy (non-hydrogen) atoms. The fraction of sp³-hybridized carbons (Fsp3) is 0.294. The molecule has 1 aromatic carbocycles. The average Bonchev–Trinajstić information content (AvgIpc) is 3.19. The van der Waals surface area contributed by atoms with Crippen LogP contribution < -0.4 is 5.32 Å². The summed E-state index contributed by atoms with van der Waals surface area (Å²) in [5, 5.41) is 23.5. The molecule has 3 aromatic rings. The van der Waals surface area contributed by atoms with Gasteiger partial charge in [0.1, 0.15) is 12.4 Å². The molecule has 4 rings (SSSR count). The van der Waals surface area contributed by atoms with Crippen LogP contribution in [0.4, 0.5) is 0 Å². The number of nitrogens with zero attached hydrogens (tertiary/aromatic N) is 3. The first-order chi connectivity index (χ1) is 12.1. The van der Waals surface area contributed by atoms with Crippen molar-refractivity contribution in [2.75, 3.05) is 0 Å². The number of aliphatic hydroxyl groups is 2. The number of para-hydroxylation sites is 1. The lowest BCUT2D eigenvalue weighted by Gasteiger charge is -2.22. The van der Waals surface area contributed by atoms with Crippen LogP contribution in [0.1, 0.15) is 27.7 Å². The molecule has 128 valence electrons. The minimum atomic E-state index is -1.05. The molecule has 1 saturated carbocycles. The largest absolute Gasteiger partial charge is 0.390 e. The van der Waals surface area contributed by atoms with Crippen molar-refractivity contribution in [1.82, 2.24) is 20.3 Å². The van der Waals surface area contributed by atoms with Crippen LogP contribution in [0, 0.1) is 0 Å². The van der Waals surface area contributed by atoms with Crippen LogP contribution in [0.15, 0.2) is 43.0 Å². The summed E-state index contributed by atoms with van der Waals surface area (Å²) < 4.78 is 0.924. The topological polar surface area (TPSA) is 108 Å². The minimum absolute atomic E-state index is 0.260. The quantitative estimate of drug-likeness (QED) is 0.648. The van der Waals surface area contributed by atoms with E-state index < -0.39 is 18.2 Å². The summed E-state index contributed by atoms with van der Waals surface area (Å²) in [6.07, 6.45) is 3.06. The molecule has 1 aliphatic carbocycles. The highest BCUT2D eigenvalue weighted by Crippen LogP contribution is 2.35. The Balaban J connectivity index is 1.59. The molecule has 7 nitrogen and oxygen atoms in total. The number of hydrogen-bond donors (Lipinski definition) is 3. The van der Waals surface area contributed by atoms with Crippen molar-refractivity contribution in [1.29, 1.82) is 0 Å². The predicted molar refractivity (Wildman–Crippen MR) is 92.3 cm³/mol. The summed E-state index contributed by atoms with van der Waals surface area (Å²) in [6.45, 7) is 0. The van der Waals surface area contributed by atoms with Gasteiger partial charge >= 0.3 is 0 Å². The van der Waals surface area contributed by atoms with Crippen LogP contribution in [0.2, 0.25) is 0 Å². The standard InChI is InChI=1S/C17H16N4O3S/c22-12-5-10(9-6-18-8-19-7-9)14(15(12)23)21-16(24)17-20-11-3-1-2-4-13(11)25-17/h1-4,6-8,10,12,14-15,22-23H,5H2,(H,21,24)/t10-,12-,14-,15-/m1/s1. The van der Waals surface area contributed by atoms with Crippen LogP contribution in [-0.4, -0.2) is 49.3 Å². The van der Waals surface area contributed by atoms with Crippen LogP contribution >= 0.6 is 11.3 Å². The van der Waals surface area contributed by atoms with Crippen molar-refractivity contribution >= 4 is 27.5 Å². The fourth-order valence-corrected chi connectivity index (χ4v) is 4.11. The molecule has 0 spiro atoms. The average molecular weight is 356 g/mol. The van der Waals surface area contributed by atoms with E-state index in [2.05, 4.69) is 20.3 Å². The van der Waals surface area contributed by atoms with Crippen LogP contribution in [-0.2, 0) is 0 Å². The highest BCUT2D eigenvalue weighted by molar-refractivity contribution is 7.20. The highest BCUT2D eigenvalue weighted by Gasteiger charge is 2.43. The van der Waals surface area contributed by atoms with Gasteiger partial charge in [0.2, 0.25) is 0 Å². The van der Waals surface area contributed by atoms with Crippen molar-refractivity contribution in [3.8, 4) is 0 Å². The molecule has 4 atom stereocenters. The van der Waals surface area contributed by atoms with Gasteiger partial charge in [-0.15, -0.1) is 11.3 Å². The lowest BCUT2D eigenvalue weighted by atomic mass is 9.96. The Bertz CT molecular complexity index is 868. The van der Waals surface area contributed by atoms with Crippen LogP contribution in [0.5, 0.6) is 0 Å². The van der Waals surface area contributed by atoms with Crippen molar-refractivity contribution in [2.45, 2.75) is 30.6 Å². The Morgan fingerprint density at radius 1 is 1.20 bits per heavy atom. The number of benzene rings is 1. The maximum atomic E-state index is 12.6. The van der Waals surface area contributed by atoms with Gasteiger partial charge in [-0.05, 0) is 24.1 Å². The van der Waals surface area contributed by atoms with Crippen molar-refractivity contribution < 1.29 is 15.0 Å². The summed E-state index contributed by atoms with van der Waals surface area (Å²) in [6, 6.07) is 6.89. The summed E-state index contributed by atoms with van der Waals surface area (Å²) in [7, 11) is 0. The van der Waals surface area contributed by atoms with E-state index in [1.54, 1.807) is 12.4 Å². The molecule has 0 radical (unpaired) electrons. The van der Waals surface area contributed by atoms with E-state index in [-0.39, 0.29) is 11.8 Å². The second-order valence-electron chi connectivity index (χ2n) is 6.06. The SMILES string of the molecule is O=C(N[C@H]1[C@H](O)[C@H](O)C[C@@H]1c1cncnc1)c1nc2ccccc2s1. The number of hydrogen-bond acceptors (Lipinski definition) is 7. The van der Waals surface area contributed by atoms with Crippen LogP contribution in [0.25, 0.3) is 10.2 Å². The van der Waals surface area contributed by atoms with Gasteiger partial charge in [-0.1, -0.05) is 12.1 Å². The van der Waals surface area contributed by atoms with Gasteiger partial charge < -0.3 is 15.5 Å². The smallest absolute Gasteiger partial charge is 0.280 e. The van der Waals surface area contributed by atoms with E-state index in [0.717, 1.165) is 15.8 Å². The number of fused-ring (bicyclic) bond motifs is 1. The molecule has 1 aliphatic rings. The molecule has 1 fully saturated rings. The minimum Gasteiger partial charge on any atom is -0.390 e. The monoisotopic (exact) mass is 356 g/mol. The maximum Gasteiger partial charge on any atom is 0.280 e. The lowest BCUT2D eigenvalue weighted by molar-refractivity contribution is 0.0294. The number of amides is 1. The number of nitrogens with one attached hydrogen (secondary N) is 1. The fourth-order valence-electron chi connectivity index (χ4n) is 3.24. The van der Waals surface area contributed by atoms with Gasteiger partial charge in [-0.2, -0.15) is 0 Å². The molecule has 1 amide bonds. The molecule has 0 aliphatic heterocycles. The zero-order valence-electron chi connectivity index (χ0n) is 13.1. The van der Waals surface area contributed by atoms with Crippen molar-refractivity contribution in [3.05, 3.63) is 53.6 Å². The predicted octanol–water partition coefficient (Wildman–Crippen LogP) is 1.09. The zero-order valence-corrected chi connectivity index (χ0v) is 13.9. The number of aromatic nitrogens is 3. The Hall–Kier alpha value is -2.42. The third-order valence-electron chi connectivity index (χ3n) is 4.49. The summed E-state index contributed by atoms with van der Waals surface area (Å²) >= 11 is 1.30. The molecule has 8 heteroatoms. The van der Waals surface area contributed by atoms with E-state index in [4.69, 9.17) is 0 Å². The molecule has 2 aromatic heterocycles. The van der Waals surface area contributed by atoms with E-state index in [1.807, 2.05) is 24.3 Å². The second kappa shape index (κ2) is 6.47. The second-order valence-corrected chi connectivity index (χ2v) is 7.09. The summed E-state index contributed by atoms with van der Waals surface area (Å²) in [4.78, 5) is 24.9. The van der Waals surface area contributed by atoms with E-state index in [1.165, 1.54) is 17.7 Å². The first-order valence-electron chi connectivity index (χ1n) is 7.91. The van der Waals surface area contributed by atoms with Gasteiger partial charge in [-0.25, -0.2) is 15.0 Å². The summed E-state index contributed by atoms with van der Waals surface area (Å²) in [5.41, 5.74) is 1.53. The number of carbonyl (C=O) groups excluding carboxylic acids is 1. The lowest BCUT2D eigenvalue weighted by Crippen LogP contribution is -2.45. The van der Waals surface area contributed by atoms with Gasteiger partial charge in [0.25, 0.3) is 5.91 Å². The Morgan fingerprint density at radius 3 is 2.72 bits per heavy atom. The number of aliphatic hydroxyl groups excluding tert-OH is 2. The molecular weight excluding hydrogens is 340 g/mol. The molecular formula is C17H16N4O3S. The summed E-state index contributed by atoms with van der Waals surface area (Å²) in [5.74, 6) is -0.620. The normalized spacial score (nSPS) is 26.0. The third-order valence-corrected chi connectivity index (χ3v) is 5.52. The first-order valence-corrected chi connectivity index (χ1v) is 8.72. The van der Waals surface area contributed by atoms with E-state index >= 15 is 0 Å². The van der Waals surface area contributed by atoms with Crippen LogP contribution in [0.3, 0.4) is 0 Å².